The van der Waals surface area contributed by atoms with Crippen molar-refractivity contribution < 1.29 is 23.8 Å². The van der Waals surface area contributed by atoms with Gasteiger partial charge in [-0.15, -0.1) is 11.8 Å². The molecule has 2 rings (SSSR count). The zero-order valence-electron chi connectivity index (χ0n) is 13.7. The molecule has 0 radical (unpaired) electrons. The van der Waals surface area contributed by atoms with Crippen molar-refractivity contribution >= 4 is 23.7 Å². The van der Waals surface area contributed by atoms with Crippen molar-refractivity contribution in [2.75, 3.05) is 5.75 Å². The molecule has 1 aliphatic carbocycles. The lowest BCUT2D eigenvalue weighted by molar-refractivity contribution is -0.185. The lowest BCUT2D eigenvalue weighted by atomic mass is 9.75. The molecule has 1 saturated carbocycles. The number of esters is 2. The van der Waals surface area contributed by atoms with E-state index >= 15 is 0 Å². The minimum Gasteiger partial charge on any atom is -0.459 e. The van der Waals surface area contributed by atoms with Crippen LogP contribution in [0.4, 0.5) is 0 Å². The first-order valence-corrected chi connectivity index (χ1v) is 9.06. The van der Waals surface area contributed by atoms with Gasteiger partial charge in [-0.2, -0.15) is 0 Å². The van der Waals surface area contributed by atoms with Crippen molar-refractivity contribution in [2.45, 2.75) is 64.8 Å². The summed E-state index contributed by atoms with van der Waals surface area (Å²) in [6, 6.07) is 0. The van der Waals surface area contributed by atoms with Gasteiger partial charge in [0.05, 0.1) is 5.75 Å². The van der Waals surface area contributed by atoms with Crippen LogP contribution in [0.25, 0.3) is 0 Å². The minimum atomic E-state index is -0.686. The molecule has 6 heteroatoms. The third-order valence-corrected chi connectivity index (χ3v) is 5.45. The largest absolute Gasteiger partial charge is 0.459 e. The predicted molar refractivity (Wildman–Crippen MR) is 84.1 cm³/mol. The van der Waals surface area contributed by atoms with Gasteiger partial charge in [0.2, 0.25) is 11.7 Å². The second-order valence-electron chi connectivity index (χ2n) is 6.64. The number of ether oxygens (including phenoxy) is 3. The fourth-order valence-electron chi connectivity index (χ4n) is 3.21. The van der Waals surface area contributed by atoms with E-state index in [-0.39, 0.29) is 12.1 Å². The quantitative estimate of drug-likeness (QED) is 0.739. The van der Waals surface area contributed by atoms with Crippen molar-refractivity contribution in [3.05, 3.63) is 0 Å². The summed E-state index contributed by atoms with van der Waals surface area (Å²) < 4.78 is 16.2. The number of hydrogen-bond donors (Lipinski definition) is 0. The molecular weight excluding hydrogens is 304 g/mol. The third kappa shape index (κ3) is 4.62. The van der Waals surface area contributed by atoms with Gasteiger partial charge in [-0.05, 0) is 30.6 Å². The molecule has 0 bridgehead atoms. The van der Waals surface area contributed by atoms with Crippen LogP contribution in [-0.4, -0.2) is 35.5 Å². The predicted octanol–water partition coefficient (Wildman–Crippen LogP) is 2.97. The van der Waals surface area contributed by atoms with Crippen LogP contribution in [0.1, 0.15) is 47.0 Å². The zero-order chi connectivity index (χ0) is 16.3. The van der Waals surface area contributed by atoms with E-state index in [0.29, 0.717) is 23.5 Å². The van der Waals surface area contributed by atoms with Crippen molar-refractivity contribution in [1.29, 1.82) is 0 Å². The van der Waals surface area contributed by atoms with Gasteiger partial charge >= 0.3 is 11.9 Å². The molecular formula is C16H26O5S. The molecule has 0 amide bonds. The summed E-state index contributed by atoms with van der Waals surface area (Å²) in [5, 5.41) is 0. The molecule has 1 heterocycles. The van der Waals surface area contributed by atoms with Crippen molar-refractivity contribution in [1.82, 2.24) is 0 Å². The van der Waals surface area contributed by atoms with Crippen molar-refractivity contribution in [2.24, 2.45) is 17.8 Å². The monoisotopic (exact) mass is 330 g/mol. The molecule has 1 saturated heterocycles. The van der Waals surface area contributed by atoms with E-state index in [1.165, 1.54) is 25.1 Å². The van der Waals surface area contributed by atoms with Crippen LogP contribution in [0.15, 0.2) is 0 Å². The van der Waals surface area contributed by atoms with E-state index in [1.54, 1.807) is 0 Å². The summed E-state index contributed by atoms with van der Waals surface area (Å²) in [5.41, 5.74) is -0.686. The first-order valence-electron chi connectivity index (χ1n) is 8.01. The Morgan fingerprint density at radius 1 is 1.23 bits per heavy atom. The van der Waals surface area contributed by atoms with Gasteiger partial charge in [-0.25, -0.2) is 4.79 Å². The van der Waals surface area contributed by atoms with Gasteiger partial charge in [0.15, 0.2) is 0 Å². The second-order valence-corrected chi connectivity index (χ2v) is 7.74. The van der Waals surface area contributed by atoms with Crippen LogP contribution in [0, 0.1) is 17.8 Å². The summed E-state index contributed by atoms with van der Waals surface area (Å²) in [7, 11) is 0. The lowest BCUT2D eigenvalue weighted by Crippen LogP contribution is -2.38. The van der Waals surface area contributed by atoms with Gasteiger partial charge in [0.1, 0.15) is 6.10 Å². The molecule has 5 nitrogen and oxygen atoms in total. The summed E-state index contributed by atoms with van der Waals surface area (Å²) in [4.78, 5) is 23.2. The van der Waals surface area contributed by atoms with Crippen LogP contribution >= 0.6 is 11.8 Å². The fraction of sp³-hybridized carbons (Fsp3) is 0.875. The van der Waals surface area contributed by atoms with Crippen LogP contribution in [0.3, 0.4) is 0 Å². The first-order chi connectivity index (χ1) is 10.4. The van der Waals surface area contributed by atoms with Gasteiger partial charge in [0, 0.05) is 6.92 Å². The fourth-order valence-corrected chi connectivity index (χ4v) is 4.08. The van der Waals surface area contributed by atoms with E-state index in [0.717, 1.165) is 12.8 Å². The number of rotatable bonds is 4. The van der Waals surface area contributed by atoms with Crippen molar-refractivity contribution in [3.8, 4) is 0 Å². The molecule has 0 aromatic heterocycles. The topological polar surface area (TPSA) is 61.8 Å². The Morgan fingerprint density at radius 2 is 1.95 bits per heavy atom. The maximum atomic E-state index is 12.3. The van der Waals surface area contributed by atoms with Crippen LogP contribution in [-0.2, 0) is 23.8 Å². The molecule has 0 aromatic carbocycles. The summed E-state index contributed by atoms with van der Waals surface area (Å²) in [6.45, 7) is 7.89. The number of carbonyl (C=O) groups excluding carboxylic acids is 2. The van der Waals surface area contributed by atoms with E-state index < -0.39 is 17.7 Å². The van der Waals surface area contributed by atoms with Gasteiger partial charge < -0.3 is 14.2 Å². The average Bonchev–Trinajstić information content (AvgIpc) is 2.86. The highest BCUT2D eigenvalue weighted by molar-refractivity contribution is 8.00. The first kappa shape index (κ1) is 17.6. The molecule has 22 heavy (non-hydrogen) atoms. The molecule has 5 atom stereocenters. The normalized spacial score (nSPS) is 35.4. The number of hydrogen-bond acceptors (Lipinski definition) is 6. The molecule has 0 unspecified atom stereocenters. The molecule has 2 fully saturated rings. The van der Waals surface area contributed by atoms with Crippen LogP contribution < -0.4 is 0 Å². The highest BCUT2D eigenvalue weighted by Crippen LogP contribution is 2.36. The van der Waals surface area contributed by atoms with Crippen molar-refractivity contribution in [3.63, 3.8) is 0 Å². The third-order valence-electron chi connectivity index (χ3n) is 4.38. The summed E-state index contributed by atoms with van der Waals surface area (Å²) in [6.07, 6.45) is 2.53. The Morgan fingerprint density at radius 3 is 2.59 bits per heavy atom. The minimum absolute atomic E-state index is 0.0341. The smallest absolute Gasteiger partial charge is 0.346 e. The maximum absolute atomic E-state index is 12.3. The molecule has 2 aliphatic rings. The Hall–Kier alpha value is -0.750. The Kier molecular flexibility index (Phi) is 6.15. The Balaban J connectivity index is 1.88. The average molecular weight is 330 g/mol. The molecule has 0 aromatic rings. The van der Waals surface area contributed by atoms with E-state index in [9.17, 15) is 9.59 Å². The molecule has 1 aliphatic heterocycles. The van der Waals surface area contributed by atoms with Gasteiger partial charge in [-0.3, -0.25) is 4.79 Å². The lowest BCUT2D eigenvalue weighted by Gasteiger charge is -2.37. The Bertz CT molecular complexity index is 411. The highest BCUT2D eigenvalue weighted by Gasteiger charge is 2.39. The van der Waals surface area contributed by atoms with E-state index in [2.05, 4.69) is 20.8 Å². The van der Waals surface area contributed by atoms with Gasteiger partial charge in [-0.1, -0.05) is 27.2 Å². The van der Waals surface area contributed by atoms with E-state index in [1.807, 2.05) is 0 Å². The standard InChI is InChI=1S/C16H26O5S/c1-9(2)12-6-5-10(3)7-13(12)20-15(18)16-21-14(8-22-16)19-11(4)17/h9-10,12-14,16H,5-8H2,1-4H3/t10-,12+,13+,14+,16-/m0/s1. The second kappa shape index (κ2) is 7.68. The molecule has 0 N–H and O–H groups in total. The summed E-state index contributed by atoms with van der Waals surface area (Å²) >= 11 is 1.33. The summed E-state index contributed by atoms with van der Waals surface area (Å²) in [5.74, 6) is 1.21. The molecule has 126 valence electrons. The highest BCUT2D eigenvalue weighted by atomic mass is 32.2. The number of carbonyl (C=O) groups is 2. The zero-order valence-corrected chi connectivity index (χ0v) is 14.6. The molecule has 0 spiro atoms. The van der Waals surface area contributed by atoms with E-state index in [4.69, 9.17) is 14.2 Å². The number of thioether (sulfide) groups is 1. The van der Waals surface area contributed by atoms with Crippen LogP contribution in [0.5, 0.6) is 0 Å². The van der Waals surface area contributed by atoms with Gasteiger partial charge in [0.25, 0.3) is 0 Å². The maximum Gasteiger partial charge on any atom is 0.346 e. The Labute approximate surface area is 136 Å². The van der Waals surface area contributed by atoms with Crippen LogP contribution in [0.2, 0.25) is 0 Å². The SMILES string of the molecule is CC(=O)O[C@H]1CS[C@@H](C(=O)O[C@@H]2C[C@@H](C)CC[C@@H]2C(C)C)O1.